The van der Waals surface area contributed by atoms with Gasteiger partial charge >= 0.3 is 5.97 Å². The van der Waals surface area contributed by atoms with Gasteiger partial charge in [0.05, 0.1) is 18.3 Å². The molecule has 0 aliphatic heterocycles. The summed E-state index contributed by atoms with van der Waals surface area (Å²) in [6.07, 6.45) is 1.45. The summed E-state index contributed by atoms with van der Waals surface area (Å²) in [7, 11) is -2.16. The van der Waals surface area contributed by atoms with Crippen LogP contribution in [0.25, 0.3) is 0 Å². The maximum Gasteiger partial charge on any atom is 0.374 e. The molecule has 1 N–H and O–H groups in total. The van der Waals surface area contributed by atoms with Gasteiger partial charge in [0.1, 0.15) is 0 Å². The van der Waals surface area contributed by atoms with Crippen LogP contribution in [0.2, 0.25) is 0 Å². The number of esters is 1. The lowest BCUT2D eigenvalue weighted by atomic mass is 10.1. The topological polar surface area (TPSA) is 88.9 Å². The number of hydrogen-bond donors (Lipinski definition) is 1. The molecule has 7 nitrogen and oxygen atoms in total. The van der Waals surface area contributed by atoms with E-state index in [1.165, 1.54) is 17.7 Å². The molecule has 1 aromatic heterocycles. The van der Waals surface area contributed by atoms with Crippen LogP contribution in [0.3, 0.4) is 0 Å². The lowest BCUT2D eigenvalue weighted by Gasteiger charge is -2.19. The number of benzene rings is 1. The van der Waals surface area contributed by atoms with Gasteiger partial charge in [-0.1, -0.05) is 26.0 Å². The maximum absolute atomic E-state index is 12.5. The molecule has 0 saturated heterocycles. The van der Waals surface area contributed by atoms with E-state index in [0.717, 1.165) is 5.56 Å². The molecule has 2 rings (SSSR count). The monoisotopic (exact) mass is 394 g/mol. The Balaban J connectivity index is 2.07. The van der Waals surface area contributed by atoms with E-state index in [1.54, 1.807) is 30.3 Å². The summed E-state index contributed by atoms with van der Waals surface area (Å²) in [4.78, 5) is 11.9. The third kappa shape index (κ3) is 4.77. The molecule has 8 heteroatoms. The molecule has 0 aliphatic rings. The van der Waals surface area contributed by atoms with Crippen LogP contribution >= 0.6 is 0 Å². The van der Waals surface area contributed by atoms with Crippen molar-refractivity contribution in [3.8, 4) is 0 Å². The Kier molecular flexibility index (Phi) is 7.18. The van der Waals surface area contributed by atoms with E-state index in [2.05, 4.69) is 10.1 Å². The van der Waals surface area contributed by atoms with E-state index in [4.69, 9.17) is 4.42 Å². The quantitative estimate of drug-likeness (QED) is 0.658. The van der Waals surface area contributed by atoms with Crippen LogP contribution in [0, 0.1) is 0 Å². The SMILES string of the molecule is CCN(CC)S(=O)(=O)c1ccc([C@H](C)NCc2ccoc2C(=O)OC)cc1. The molecule has 27 heavy (non-hydrogen) atoms. The number of methoxy groups -OCH3 is 1. The van der Waals surface area contributed by atoms with Gasteiger partial charge in [0.15, 0.2) is 0 Å². The molecule has 0 aliphatic carbocycles. The fourth-order valence-corrected chi connectivity index (χ4v) is 4.23. The average Bonchev–Trinajstić information content (AvgIpc) is 3.15. The van der Waals surface area contributed by atoms with Gasteiger partial charge in [-0.3, -0.25) is 0 Å². The second-order valence-electron chi connectivity index (χ2n) is 6.03. The van der Waals surface area contributed by atoms with Crippen molar-refractivity contribution < 1.29 is 22.4 Å². The van der Waals surface area contributed by atoms with Crippen molar-refractivity contribution in [1.29, 1.82) is 0 Å². The van der Waals surface area contributed by atoms with E-state index < -0.39 is 16.0 Å². The zero-order chi connectivity index (χ0) is 20.0. The number of rotatable bonds is 9. The normalized spacial score (nSPS) is 12.9. The van der Waals surface area contributed by atoms with E-state index in [0.29, 0.717) is 25.2 Å². The predicted molar refractivity (Wildman–Crippen MR) is 102 cm³/mol. The minimum absolute atomic E-state index is 0.0457. The fraction of sp³-hybridized carbons (Fsp3) is 0.421. The van der Waals surface area contributed by atoms with Crippen LogP contribution in [0.15, 0.2) is 45.9 Å². The smallest absolute Gasteiger partial charge is 0.374 e. The average molecular weight is 394 g/mol. The van der Waals surface area contributed by atoms with Crippen LogP contribution in [-0.2, 0) is 21.3 Å². The van der Waals surface area contributed by atoms with Crippen LogP contribution in [0.5, 0.6) is 0 Å². The molecule has 1 aromatic carbocycles. The standard InChI is InChI=1S/C19H26N2O5S/c1-5-21(6-2)27(23,24)17-9-7-15(8-10-17)14(3)20-13-16-11-12-26-18(16)19(22)25-4/h7-12,14,20H,5-6,13H2,1-4H3/t14-/m0/s1. The number of carbonyl (C=O) groups is 1. The summed E-state index contributed by atoms with van der Waals surface area (Å²) in [6, 6.07) is 8.51. The second-order valence-corrected chi connectivity index (χ2v) is 7.97. The van der Waals surface area contributed by atoms with Crippen molar-refractivity contribution in [2.24, 2.45) is 0 Å². The van der Waals surface area contributed by atoms with Crippen LogP contribution in [0.4, 0.5) is 0 Å². The molecule has 0 saturated carbocycles. The molecule has 0 fully saturated rings. The van der Waals surface area contributed by atoms with Gasteiger partial charge in [-0.15, -0.1) is 0 Å². The number of ether oxygens (including phenoxy) is 1. The van der Waals surface area contributed by atoms with E-state index in [1.807, 2.05) is 20.8 Å². The molecule has 2 aromatic rings. The Bertz CT molecular complexity index is 854. The lowest BCUT2D eigenvalue weighted by Crippen LogP contribution is -2.30. The van der Waals surface area contributed by atoms with Crippen LogP contribution in [-0.4, -0.2) is 38.9 Å². The molecule has 1 atom stereocenters. The van der Waals surface area contributed by atoms with Crippen molar-refractivity contribution in [1.82, 2.24) is 9.62 Å². The zero-order valence-electron chi connectivity index (χ0n) is 16.1. The van der Waals surface area contributed by atoms with Crippen molar-refractivity contribution in [3.05, 3.63) is 53.5 Å². The second kappa shape index (κ2) is 9.16. The Morgan fingerprint density at radius 2 is 1.81 bits per heavy atom. The Morgan fingerprint density at radius 1 is 1.19 bits per heavy atom. The molecule has 0 spiro atoms. The van der Waals surface area contributed by atoms with Gasteiger partial charge < -0.3 is 14.5 Å². The highest BCUT2D eigenvalue weighted by atomic mass is 32.2. The van der Waals surface area contributed by atoms with Gasteiger partial charge in [0.2, 0.25) is 15.8 Å². The molecule has 0 radical (unpaired) electrons. The van der Waals surface area contributed by atoms with Gasteiger partial charge in [0.25, 0.3) is 0 Å². The minimum atomic E-state index is -3.46. The number of carbonyl (C=O) groups excluding carboxylic acids is 1. The highest BCUT2D eigenvalue weighted by molar-refractivity contribution is 7.89. The highest BCUT2D eigenvalue weighted by Crippen LogP contribution is 2.20. The van der Waals surface area contributed by atoms with E-state index >= 15 is 0 Å². The summed E-state index contributed by atoms with van der Waals surface area (Å²) in [5.41, 5.74) is 1.64. The highest BCUT2D eigenvalue weighted by Gasteiger charge is 2.22. The lowest BCUT2D eigenvalue weighted by molar-refractivity contribution is 0.0563. The third-order valence-electron chi connectivity index (χ3n) is 4.44. The summed E-state index contributed by atoms with van der Waals surface area (Å²) in [6.45, 7) is 6.89. The summed E-state index contributed by atoms with van der Waals surface area (Å²) in [5, 5.41) is 3.30. The molecule has 0 amide bonds. The van der Waals surface area contributed by atoms with Crippen molar-refractivity contribution in [3.63, 3.8) is 0 Å². The number of furan rings is 1. The van der Waals surface area contributed by atoms with Gasteiger partial charge in [-0.25, -0.2) is 13.2 Å². The van der Waals surface area contributed by atoms with E-state index in [9.17, 15) is 13.2 Å². The van der Waals surface area contributed by atoms with E-state index in [-0.39, 0.29) is 16.7 Å². The molecule has 0 unspecified atom stereocenters. The molecular weight excluding hydrogens is 368 g/mol. The molecular formula is C19H26N2O5S. The van der Waals surface area contributed by atoms with Gasteiger partial charge in [-0.05, 0) is 30.7 Å². The first kappa shape index (κ1) is 21.1. The largest absolute Gasteiger partial charge is 0.463 e. The van der Waals surface area contributed by atoms with Crippen LogP contribution in [0.1, 0.15) is 48.5 Å². The van der Waals surface area contributed by atoms with Gasteiger partial charge in [0, 0.05) is 31.2 Å². The molecule has 148 valence electrons. The van der Waals surface area contributed by atoms with Gasteiger partial charge in [-0.2, -0.15) is 4.31 Å². The first-order chi connectivity index (χ1) is 12.8. The Hall–Kier alpha value is -2.16. The fourth-order valence-electron chi connectivity index (χ4n) is 2.77. The molecule has 0 bridgehead atoms. The van der Waals surface area contributed by atoms with Crippen LogP contribution < -0.4 is 5.32 Å². The number of nitrogens with zero attached hydrogens (tertiary/aromatic N) is 1. The zero-order valence-corrected chi connectivity index (χ0v) is 16.9. The van der Waals surface area contributed by atoms with Crippen molar-refractivity contribution in [2.45, 2.75) is 38.3 Å². The summed E-state index contributed by atoms with van der Waals surface area (Å²) in [5.74, 6) is -0.340. The predicted octanol–water partition coefficient (Wildman–Crippen LogP) is 2.95. The van der Waals surface area contributed by atoms with Crippen molar-refractivity contribution >= 4 is 16.0 Å². The maximum atomic E-state index is 12.5. The summed E-state index contributed by atoms with van der Waals surface area (Å²) >= 11 is 0. The first-order valence-corrected chi connectivity index (χ1v) is 10.3. The number of sulfonamides is 1. The first-order valence-electron chi connectivity index (χ1n) is 8.83. The summed E-state index contributed by atoms with van der Waals surface area (Å²) < 4.78 is 36.4. The number of nitrogens with one attached hydrogen (secondary N) is 1. The Morgan fingerprint density at radius 3 is 2.37 bits per heavy atom. The van der Waals surface area contributed by atoms with Crippen molar-refractivity contribution in [2.75, 3.05) is 20.2 Å². The molecule has 1 heterocycles. The number of hydrogen-bond acceptors (Lipinski definition) is 6. The third-order valence-corrected chi connectivity index (χ3v) is 6.50. The minimum Gasteiger partial charge on any atom is -0.463 e. The Labute approximate surface area is 160 Å².